The zero-order valence-corrected chi connectivity index (χ0v) is 12.7. The van der Waals surface area contributed by atoms with Crippen molar-refractivity contribution in [3.05, 3.63) is 33.8 Å². The molecule has 0 radical (unpaired) electrons. The van der Waals surface area contributed by atoms with Gasteiger partial charge < -0.3 is 9.79 Å². The van der Waals surface area contributed by atoms with Crippen molar-refractivity contribution in [1.82, 2.24) is 0 Å². The lowest BCUT2D eigenvalue weighted by molar-refractivity contribution is 0.221. The van der Waals surface area contributed by atoms with E-state index in [9.17, 15) is 8.96 Å². The first-order chi connectivity index (χ1) is 7.70. The van der Waals surface area contributed by atoms with Crippen molar-refractivity contribution in [2.75, 3.05) is 6.26 Å². The van der Waals surface area contributed by atoms with Crippen LogP contribution in [0, 0.1) is 0 Å². The number of benzene rings is 1. The Labute approximate surface area is 112 Å². The molecule has 3 nitrogen and oxygen atoms in total. The van der Waals surface area contributed by atoms with Crippen LogP contribution in [0.5, 0.6) is 0 Å². The van der Waals surface area contributed by atoms with Gasteiger partial charge in [0.15, 0.2) is 0 Å². The molecular formula is C10H13BrFO3PS. The van der Waals surface area contributed by atoms with E-state index in [1.165, 1.54) is 6.07 Å². The van der Waals surface area contributed by atoms with Gasteiger partial charge in [-0.05, 0) is 24.8 Å². The fourth-order valence-corrected chi connectivity index (χ4v) is 3.32. The summed E-state index contributed by atoms with van der Waals surface area (Å²) >= 11 is 4.77. The number of hydrogen-bond donors (Lipinski definition) is 2. The Hall–Kier alpha value is 0.130. The van der Waals surface area contributed by atoms with Gasteiger partial charge in [0.2, 0.25) is 5.41 Å². The Bertz CT molecular complexity index is 461. The minimum atomic E-state index is -4.85. The largest absolute Gasteiger partial charge is 0.366 e. The van der Waals surface area contributed by atoms with Crippen LogP contribution in [-0.4, -0.2) is 16.0 Å². The van der Waals surface area contributed by atoms with Crippen molar-refractivity contribution < 1.29 is 18.7 Å². The van der Waals surface area contributed by atoms with E-state index >= 15 is 0 Å². The molecule has 0 aliphatic carbocycles. The van der Waals surface area contributed by atoms with Crippen LogP contribution >= 0.6 is 35.3 Å². The second-order valence-corrected chi connectivity index (χ2v) is 7.39. The Morgan fingerprint density at radius 2 is 2.12 bits per heavy atom. The predicted molar refractivity (Wildman–Crippen MR) is 71.9 cm³/mol. The average Bonchev–Trinajstić information content (AvgIpc) is 2.16. The van der Waals surface area contributed by atoms with E-state index in [0.29, 0.717) is 4.47 Å². The van der Waals surface area contributed by atoms with Crippen molar-refractivity contribution in [1.29, 1.82) is 0 Å². The standard InChI is InChI=1S/C10H13BrFO3PS/c1-10(12,16(13,14)15)8-4-3-7(6-17-2)5-9(8)11/h3-5H,6H2,1-2H3,(H2,13,14,15). The quantitative estimate of drug-likeness (QED) is 0.820. The van der Waals surface area contributed by atoms with Crippen LogP contribution < -0.4 is 0 Å². The van der Waals surface area contributed by atoms with Crippen LogP contribution in [0.2, 0.25) is 0 Å². The second-order valence-electron chi connectivity index (χ2n) is 3.74. The molecule has 0 fully saturated rings. The van der Waals surface area contributed by atoms with Crippen molar-refractivity contribution in [2.45, 2.75) is 18.1 Å². The van der Waals surface area contributed by atoms with E-state index in [2.05, 4.69) is 15.9 Å². The van der Waals surface area contributed by atoms with E-state index < -0.39 is 13.0 Å². The van der Waals surface area contributed by atoms with Gasteiger partial charge in [0, 0.05) is 15.8 Å². The van der Waals surface area contributed by atoms with Gasteiger partial charge in [0.05, 0.1) is 0 Å². The van der Waals surface area contributed by atoms with E-state index in [1.54, 1.807) is 23.9 Å². The zero-order valence-electron chi connectivity index (χ0n) is 9.35. The molecule has 0 bridgehead atoms. The summed E-state index contributed by atoms with van der Waals surface area (Å²) < 4.78 is 25.6. The Balaban J connectivity index is 3.21. The molecule has 0 heterocycles. The highest BCUT2D eigenvalue weighted by Gasteiger charge is 2.45. The lowest BCUT2D eigenvalue weighted by atomic mass is 10.1. The zero-order chi connectivity index (χ0) is 13.3. The van der Waals surface area contributed by atoms with Crippen LogP contribution in [0.3, 0.4) is 0 Å². The van der Waals surface area contributed by atoms with Crippen molar-refractivity contribution >= 4 is 35.3 Å². The third kappa shape index (κ3) is 3.32. The molecule has 0 aliphatic heterocycles. The third-order valence-corrected chi connectivity index (χ3v) is 5.00. The topological polar surface area (TPSA) is 57.5 Å². The highest BCUT2D eigenvalue weighted by molar-refractivity contribution is 9.10. The van der Waals surface area contributed by atoms with Gasteiger partial charge in [0.1, 0.15) is 0 Å². The minimum absolute atomic E-state index is 0.0318. The molecule has 0 aliphatic rings. The highest BCUT2D eigenvalue weighted by atomic mass is 79.9. The Morgan fingerprint density at radius 1 is 1.53 bits per heavy atom. The minimum Gasteiger partial charge on any atom is -0.322 e. The normalized spacial score (nSPS) is 15.6. The predicted octanol–water partition coefficient (Wildman–Crippen LogP) is 3.63. The van der Waals surface area contributed by atoms with E-state index in [-0.39, 0.29) is 5.56 Å². The van der Waals surface area contributed by atoms with E-state index in [4.69, 9.17) is 9.79 Å². The summed E-state index contributed by atoms with van der Waals surface area (Å²) in [5, 5.41) is -2.68. The molecule has 0 saturated heterocycles. The molecule has 1 unspecified atom stereocenters. The number of alkyl halides is 1. The first-order valence-corrected chi connectivity index (χ1v) is 8.52. The molecule has 1 aromatic rings. The molecule has 17 heavy (non-hydrogen) atoms. The van der Waals surface area contributed by atoms with Crippen molar-refractivity contribution in [2.24, 2.45) is 0 Å². The van der Waals surface area contributed by atoms with Gasteiger partial charge in [-0.25, -0.2) is 4.39 Å². The SMILES string of the molecule is CSCc1ccc(C(C)(F)P(=O)(O)O)c(Br)c1. The van der Waals surface area contributed by atoms with E-state index in [1.807, 2.05) is 6.26 Å². The van der Waals surface area contributed by atoms with Crippen LogP contribution in [-0.2, 0) is 15.7 Å². The van der Waals surface area contributed by atoms with Gasteiger partial charge in [-0.3, -0.25) is 4.57 Å². The third-order valence-electron chi connectivity index (χ3n) is 2.38. The fraction of sp³-hybridized carbons (Fsp3) is 0.400. The maximum atomic E-state index is 14.1. The molecule has 7 heteroatoms. The smallest absolute Gasteiger partial charge is 0.322 e. The van der Waals surface area contributed by atoms with E-state index in [0.717, 1.165) is 18.2 Å². The van der Waals surface area contributed by atoms with Crippen molar-refractivity contribution in [3.8, 4) is 0 Å². The fourth-order valence-electron chi connectivity index (χ4n) is 1.34. The van der Waals surface area contributed by atoms with Gasteiger partial charge in [-0.2, -0.15) is 11.8 Å². The van der Waals surface area contributed by atoms with Gasteiger partial charge in [-0.1, -0.05) is 28.1 Å². The number of thioether (sulfide) groups is 1. The molecule has 1 aromatic carbocycles. The first kappa shape index (κ1) is 15.2. The van der Waals surface area contributed by atoms with Crippen LogP contribution in [0.1, 0.15) is 18.1 Å². The van der Waals surface area contributed by atoms with Gasteiger partial charge in [-0.15, -0.1) is 0 Å². The molecular weight excluding hydrogens is 330 g/mol. The number of halogens is 2. The number of rotatable bonds is 4. The molecule has 0 saturated carbocycles. The van der Waals surface area contributed by atoms with Crippen LogP contribution in [0.25, 0.3) is 0 Å². The number of hydrogen-bond acceptors (Lipinski definition) is 2. The van der Waals surface area contributed by atoms with Gasteiger partial charge >= 0.3 is 7.60 Å². The summed E-state index contributed by atoms with van der Waals surface area (Å²) in [6, 6.07) is 4.76. The lowest BCUT2D eigenvalue weighted by Crippen LogP contribution is -2.16. The van der Waals surface area contributed by atoms with Crippen LogP contribution in [0.15, 0.2) is 22.7 Å². The maximum Gasteiger partial charge on any atom is 0.366 e. The summed E-state index contributed by atoms with van der Waals surface area (Å²) in [5.74, 6) is 0.762. The Morgan fingerprint density at radius 3 is 2.53 bits per heavy atom. The lowest BCUT2D eigenvalue weighted by Gasteiger charge is -2.23. The monoisotopic (exact) mass is 342 g/mol. The van der Waals surface area contributed by atoms with Crippen LogP contribution in [0.4, 0.5) is 4.39 Å². The summed E-state index contributed by atoms with van der Waals surface area (Å²) in [7, 11) is -4.85. The summed E-state index contributed by atoms with van der Waals surface area (Å²) in [5.41, 5.74) is 0.935. The highest BCUT2D eigenvalue weighted by Crippen LogP contribution is 2.59. The van der Waals surface area contributed by atoms with Gasteiger partial charge in [0.25, 0.3) is 0 Å². The molecule has 0 aromatic heterocycles. The second kappa shape index (κ2) is 5.41. The molecule has 0 amide bonds. The first-order valence-electron chi connectivity index (χ1n) is 4.72. The summed E-state index contributed by atoms with van der Waals surface area (Å²) in [4.78, 5) is 18.0. The molecule has 1 rings (SSSR count). The average molecular weight is 343 g/mol. The summed E-state index contributed by atoms with van der Waals surface area (Å²) in [6.45, 7) is 0.891. The molecule has 96 valence electrons. The Kier molecular flexibility index (Phi) is 4.83. The molecule has 1 atom stereocenters. The maximum absolute atomic E-state index is 14.1. The molecule has 0 spiro atoms. The summed E-state index contributed by atoms with van der Waals surface area (Å²) in [6.07, 6.45) is 1.94. The molecule has 2 N–H and O–H groups in total. The van der Waals surface area contributed by atoms with Crippen molar-refractivity contribution in [3.63, 3.8) is 0 Å².